The molecule has 0 unspecified atom stereocenters. The van der Waals surface area contributed by atoms with Crippen LogP contribution < -0.4 is 0 Å². The Hall–Kier alpha value is 0.280. The summed E-state index contributed by atoms with van der Waals surface area (Å²) in [5.41, 5.74) is -0.726. The van der Waals surface area contributed by atoms with Crippen molar-refractivity contribution in [3.05, 3.63) is 11.1 Å². The molecule has 1 rings (SSSR count). The first kappa shape index (κ1) is 8.38. The maximum Gasteiger partial charge on any atom is 0.0998 e. The minimum Gasteiger partial charge on any atom is -0.384 e. The first-order valence-corrected chi connectivity index (χ1v) is 4.25. The lowest BCUT2D eigenvalue weighted by Crippen LogP contribution is -2.37. The first-order valence-electron chi connectivity index (χ1n) is 3.33. The van der Waals surface area contributed by atoms with Crippen molar-refractivity contribution >= 4 is 23.2 Å². The molecule has 1 nitrogen and oxygen atoms in total. The van der Waals surface area contributed by atoms with Crippen LogP contribution in [-0.2, 0) is 0 Å². The maximum absolute atomic E-state index is 9.55. The lowest BCUT2D eigenvalue weighted by Gasteiger charge is -2.36. The van der Waals surface area contributed by atoms with Crippen molar-refractivity contribution in [3.8, 4) is 0 Å². The highest BCUT2D eigenvalue weighted by atomic mass is 35.5. The van der Waals surface area contributed by atoms with E-state index < -0.39 is 5.60 Å². The Morgan fingerprint density at radius 3 is 2.50 bits per heavy atom. The van der Waals surface area contributed by atoms with Gasteiger partial charge in [-0.15, -0.1) is 11.6 Å². The molecule has 1 aliphatic rings. The molecule has 0 aromatic carbocycles. The van der Waals surface area contributed by atoms with Gasteiger partial charge in [-0.05, 0) is 19.3 Å². The quantitative estimate of drug-likeness (QED) is 0.647. The number of halogens is 2. The van der Waals surface area contributed by atoms with Crippen LogP contribution in [-0.4, -0.2) is 16.6 Å². The molecule has 0 atom stereocenters. The second-order valence-corrected chi connectivity index (χ2v) is 3.31. The number of hydrogen-bond donors (Lipinski definition) is 1. The van der Waals surface area contributed by atoms with E-state index in [1.807, 2.05) is 0 Å². The van der Waals surface area contributed by atoms with Crippen molar-refractivity contribution in [2.24, 2.45) is 0 Å². The zero-order valence-corrected chi connectivity index (χ0v) is 7.12. The van der Waals surface area contributed by atoms with E-state index in [0.717, 1.165) is 19.3 Å². The van der Waals surface area contributed by atoms with E-state index in [9.17, 15) is 5.11 Å². The summed E-state index contributed by atoms with van der Waals surface area (Å²) in [5, 5.41) is 10.1. The fraction of sp³-hybridized carbons (Fsp3) is 0.714. The third kappa shape index (κ3) is 1.47. The topological polar surface area (TPSA) is 20.2 Å². The molecular weight excluding hydrogens is 171 g/mol. The van der Waals surface area contributed by atoms with Crippen LogP contribution in [0.15, 0.2) is 11.1 Å². The van der Waals surface area contributed by atoms with Gasteiger partial charge in [0.15, 0.2) is 0 Å². The highest BCUT2D eigenvalue weighted by Crippen LogP contribution is 2.39. The van der Waals surface area contributed by atoms with Crippen LogP contribution in [0.3, 0.4) is 0 Å². The molecular formula is C7H10Cl2O. The Labute approximate surface area is 70.6 Å². The summed E-state index contributed by atoms with van der Waals surface area (Å²) in [6.07, 6.45) is 4.27. The Kier molecular flexibility index (Phi) is 2.61. The van der Waals surface area contributed by atoms with E-state index in [1.165, 1.54) is 0 Å². The molecule has 1 aliphatic carbocycles. The van der Waals surface area contributed by atoms with Gasteiger partial charge in [-0.2, -0.15) is 0 Å². The van der Waals surface area contributed by atoms with Crippen molar-refractivity contribution in [1.82, 2.24) is 0 Å². The smallest absolute Gasteiger partial charge is 0.0998 e. The van der Waals surface area contributed by atoms with Gasteiger partial charge in [0.05, 0.1) is 5.60 Å². The van der Waals surface area contributed by atoms with Crippen LogP contribution in [0.2, 0.25) is 0 Å². The van der Waals surface area contributed by atoms with Gasteiger partial charge in [0.25, 0.3) is 0 Å². The molecule has 0 spiro atoms. The van der Waals surface area contributed by atoms with Crippen molar-refractivity contribution in [2.45, 2.75) is 24.9 Å². The summed E-state index contributed by atoms with van der Waals surface area (Å²) in [6.45, 7) is 0. The van der Waals surface area contributed by atoms with Crippen LogP contribution in [0.5, 0.6) is 0 Å². The van der Waals surface area contributed by atoms with Crippen LogP contribution >= 0.6 is 23.2 Å². The molecule has 1 saturated carbocycles. The molecule has 3 heteroatoms. The third-order valence-corrected chi connectivity index (χ3v) is 2.54. The summed E-state index contributed by atoms with van der Waals surface area (Å²) in [5.74, 6) is 0.376. The zero-order valence-electron chi connectivity index (χ0n) is 5.61. The number of aliphatic hydroxyl groups is 1. The van der Waals surface area contributed by atoms with Gasteiger partial charge in [0.1, 0.15) is 0 Å². The SMILES string of the molecule is OC1(/C(Cl)=C/CCl)CCC1. The second-order valence-electron chi connectivity index (χ2n) is 2.59. The van der Waals surface area contributed by atoms with Gasteiger partial charge in [-0.1, -0.05) is 17.7 Å². The van der Waals surface area contributed by atoms with Crippen molar-refractivity contribution in [2.75, 3.05) is 5.88 Å². The van der Waals surface area contributed by atoms with Crippen LogP contribution in [0.4, 0.5) is 0 Å². The monoisotopic (exact) mass is 180 g/mol. The molecule has 0 aromatic heterocycles. The van der Waals surface area contributed by atoms with Crippen LogP contribution in [0.1, 0.15) is 19.3 Å². The highest BCUT2D eigenvalue weighted by Gasteiger charge is 2.37. The van der Waals surface area contributed by atoms with Gasteiger partial charge >= 0.3 is 0 Å². The van der Waals surface area contributed by atoms with Gasteiger partial charge in [0, 0.05) is 10.9 Å². The Morgan fingerprint density at radius 2 is 2.20 bits per heavy atom. The number of rotatable bonds is 2. The van der Waals surface area contributed by atoms with Gasteiger partial charge < -0.3 is 5.11 Å². The molecule has 10 heavy (non-hydrogen) atoms. The standard InChI is InChI=1S/C7H10Cl2O/c8-5-2-6(9)7(10)3-1-4-7/h2,10H,1,3-5H2/b6-2-. The summed E-state index contributed by atoms with van der Waals surface area (Å²) in [7, 11) is 0. The summed E-state index contributed by atoms with van der Waals surface area (Å²) >= 11 is 11.2. The lowest BCUT2D eigenvalue weighted by molar-refractivity contribution is 0.00955. The van der Waals surface area contributed by atoms with Crippen LogP contribution in [0, 0.1) is 0 Å². The molecule has 0 amide bonds. The van der Waals surface area contributed by atoms with Crippen molar-refractivity contribution in [1.29, 1.82) is 0 Å². The number of allylic oxidation sites excluding steroid dienone is 1. The predicted molar refractivity (Wildman–Crippen MR) is 43.5 cm³/mol. The normalized spacial score (nSPS) is 24.1. The van der Waals surface area contributed by atoms with E-state index in [1.54, 1.807) is 6.08 Å². The predicted octanol–water partition coefficient (Wildman–Crippen LogP) is 2.26. The largest absolute Gasteiger partial charge is 0.384 e. The zero-order chi connectivity index (χ0) is 7.61. The average Bonchev–Trinajstić information content (AvgIpc) is 1.83. The summed E-state index contributed by atoms with van der Waals surface area (Å²) in [6, 6.07) is 0. The van der Waals surface area contributed by atoms with E-state index >= 15 is 0 Å². The molecule has 58 valence electrons. The molecule has 1 fully saturated rings. The maximum atomic E-state index is 9.55. The van der Waals surface area contributed by atoms with Crippen molar-refractivity contribution < 1.29 is 5.11 Å². The van der Waals surface area contributed by atoms with E-state index in [2.05, 4.69) is 0 Å². The third-order valence-electron chi connectivity index (χ3n) is 1.88. The van der Waals surface area contributed by atoms with Crippen molar-refractivity contribution in [3.63, 3.8) is 0 Å². The Balaban J connectivity index is 2.54. The molecule has 0 bridgehead atoms. The minimum absolute atomic E-state index is 0.376. The molecule has 0 aliphatic heterocycles. The highest BCUT2D eigenvalue weighted by molar-refractivity contribution is 6.31. The summed E-state index contributed by atoms with van der Waals surface area (Å²) in [4.78, 5) is 0. The number of alkyl halides is 1. The first-order chi connectivity index (χ1) is 4.69. The molecule has 0 aromatic rings. The minimum atomic E-state index is -0.726. The van der Waals surface area contributed by atoms with E-state index in [-0.39, 0.29) is 0 Å². The fourth-order valence-electron chi connectivity index (χ4n) is 1.01. The molecule has 1 N–H and O–H groups in total. The van der Waals surface area contributed by atoms with E-state index in [0.29, 0.717) is 10.9 Å². The molecule has 0 saturated heterocycles. The average molecular weight is 181 g/mol. The molecule has 0 radical (unpaired) electrons. The molecule has 0 heterocycles. The van der Waals surface area contributed by atoms with Gasteiger partial charge in [-0.3, -0.25) is 0 Å². The fourth-order valence-corrected chi connectivity index (χ4v) is 1.51. The number of hydrogen-bond acceptors (Lipinski definition) is 1. The van der Waals surface area contributed by atoms with Gasteiger partial charge in [-0.25, -0.2) is 0 Å². The Morgan fingerprint density at radius 1 is 1.60 bits per heavy atom. The second kappa shape index (κ2) is 3.12. The van der Waals surface area contributed by atoms with Gasteiger partial charge in [0.2, 0.25) is 0 Å². The summed E-state index contributed by atoms with van der Waals surface area (Å²) < 4.78 is 0. The lowest BCUT2D eigenvalue weighted by atomic mass is 9.80. The Bertz CT molecular complexity index is 150. The van der Waals surface area contributed by atoms with Crippen LogP contribution in [0.25, 0.3) is 0 Å². The van der Waals surface area contributed by atoms with E-state index in [4.69, 9.17) is 23.2 Å².